The van der Waals surface area contributed by atoms with E-state index in [0.717, 1.165) is 35.2 Å². The molecule has 3 N–H and O–H groups in total. The van der Waals surface area contributed by atoms with Crippen molar-refractivity contribution in [1.29, 1.82) is 0 Å². The molecule has 1 heterocycles. The van der Waals surface area contributed by atoms with Gasteiger partial charge < -0.3 is 5.43 Å². The van der Waals surface area contributed by atoms with E-state index < -0.39 is 0 Å². The maximum Gasteiger partial charge on any atom is 0.149 e. The van der Waals surface area contributed by atoms with Gasteiger partial charge in [-0.25, -0.2) is 9.37 Å². The summed E-state index contributed by atoms with van der Waals surface area (Å²) in [5.74, 6) is 5.75. The van der Waals surface area contributed by atoms with Crippen molar-refractivity contribution in [3.8, 4) is 0 Å². The monoisotopic (exact) mass is 259 g/mol. The zero-order chi connectivity index (χ0) is 13.4. The standard InChI is InChI=1S/C15H18FN3/c1-9-6-11-14(19-17)8-13(10-4-2-3-5-10)18-15(11)12(16)7-9/h6-8,10H,2-5,17H2,1H3,(H,18,19). The molecule has 1 aromatic heterocycles. The Bertz CT molecular complexity index is 618. The number of pyridine rings is 1. The Labute approximate surface area is 112 Å². The van der Waals surface area contributed by atoms with Crippen LogP contribution < -0.4 is 11.3 Å². The largest absolute Gasteiger partial charge is 0.323 e. The highest BCUT2D eigenvalue weighted by Crippen LogP contribution is 2.36. The molecule has 0 atom stereocenters. The number of nitrogen functional groups attached to an aromatic ring is 1. The molecule has 4 heteroatoms. The van der Waals surface area contributed by atoms with Crippen LogP contribution in [-0.4, -0.2) is 4.98 Å². The minimum absolute atomic E-state index is 0.272. The van der Waals surface area contributed by atoms with Crippen molar-refractivity contribution in [2.75, 3.05) is 5.43 Å². The molecule has 0 aliphatic heterocycles. The first-order chi connectivity index (χ1) is 9.19. The SMILES string of the molecule is Cc1cc(F)c2nc(C3CCCC3)cc(NN)c2c1. The van der Waals surface area contributed by atoms with E-state index in [-0.39, 0.29) is 5.82 Å². The van der Waals surface area contributed by atoms with Crippen molar-refractivity contribution >= 4 is 16.6 Å². The molecular formula is C15H18FN3. The number of halogens is 1. The Morgan fingerprint density at radius 1 is 1.26 bits per heavy atom. The molecule has 0 bridgehead atoms. The van der Waals surface area contributed by atoms with Gasteiger partial charge in [-0.2, -0.15) is 0 Å². The summed E-state index contributed by atoms with van der Waals surface area (Å²) in [5.41, 5.74) is 5.69. The number of nitrogens with one attached hydrogen (secondary N) is 1. The van der Waals surface area contributed by atoms with E-state index >= 15 is 0 Å². The van der Waals surface area contributed by atoms with E-state index in [0.29, 0.717) is 11.4 Å². The molecule has 1 saturated carbocycles. The van der Waals surface area contributed by atoms with E-state index in [2.05, 4.69) is 10.4 Å². The molecule has 0 amide bonds. The molecule has 3 nitrogen and oxygen atoms in total. The van der Waals surface area contributed by atoms with Crippen LogP contribution in [0.15, 0.2) is 18.2 Å². The highest BCUT2D eigenvalue weighted by molar-refractivity contribution is 5.92. The second kappa shape index (κ2) is 4.78. The first-order valence-corrected chi connectivity index (χ1v) is 6.76. The van der Waals surface area contributed by atoms with Gasteiger partial charge in [-0.1, -0.05) is 12.8 Å². The number of hydrazine groups is 1. The molecule has 3 rings (SSSR count). The number of aromatic nitrogens is 1. The number of rotatable bonds is 2. The molecule has 0 radical (unpaired) electrons. The lowest BCUT2D eigenvalue weighted by atomic mass is 10.0. The average molecular weight is 259 g/mol. The molecule has 0 unspecified atom stereocenters. The van der Waals surface area contributed by atoms with Crippen molar-refractivity contribution in [3.05, 3.63) is 35.3 Å². The molecule has 2 aromatic rings. The number of anilines is 1. The summed E-state index contributed by atoms with van der Waals surface area (Å²) in [6.07, 6.45) is 4.73. The summed E-state index contributed by atoms with van der Waals surface area (Å²) in [6, 6.07) is 5.41. The van der Waals surface area contributed by atoms with Gasteiger partial charge in [-0.05, 0) is 43.5 Å². The van der Waals surface area contributed by atoms with Gasteiger partial charge in [0.2, 0.25) is 0 Å². The van der Waals surface area contributed by atoms with Gasteiger partial charge in [0, 0.05) is 17.0 Å². The third-order valence-corrected chi connectivity index (χ3v) is 3.96. The maximum atomic E-state index is 14.1. The van der Waals surface area contributed by atoms with Crippen LogP contribution in [0.3, 0.4) is 0 Å². The van der Waals surface area contributed by atoms with E-state index in [4.69, 9.17) is 5.84 Å². The van der Waals surface area contributed by atoms with E-state index in [1.165, 1.54) is 18.9 Å². The third-order valence-electron chi connectivity index (χ3n) is 3.96. The highest BCUT2D eigenvalue weighted by atomic mass is 19.1. The minimum Gasteiger partial charge on any atom is -0.323 e. The predicted molar refractivity (Wildman–Crippen MR) is 75.5 cm³/mol. The first-order valence-electron chi connectivity index (χ1n) is 6.76. The Kier molecular flexibility index (Phi) is 3.11. The fraction of sp³-hybridized carbons (Fsp3) is 0.400. The van der Waals surface area contributed by atoms with Crippen LogP contribution >= 0.6 is 0 Å². The first kappa shape index (κ1) is 12.4. The maximum absolute atomic E-state index is 14.1. The lowest BCUT2D eigenvalue weighted by molar-refractivity contribution is 0.632. The Morgan fingerprint density at radius 3 is 2.68 bits per heavy atom. The lowest BCUT2D eigenvalue weighted by Gasteiger charge is -2.14. The van der Waals surface area contributed by atoms with Gasteiger partial charge in [0.25, 0.3) is 0 Å². The molecule has 1 aliphatic rings. The number of nitrogens with two attached hydrogens (primary N) is 1. The van der Waals surface area contributed by atoms with Crippen LogP contribution in [0.1, 0.15) is 42.9 Å². The van der Waals surface area contributed by atoms with Gasteiger partial charge in [-0.15, -0.1) is 0 Å². The second-order valence-electron chi connectivity index (χ2n) is 5.36. The summed E-state index contributed by atoms with van der Waals surface area (Å²) in [6.45, 7) is 1.87. The molecule has 1 fully saturated rings. The summed E-state index contributed by atoms with van der Waals surface area (Å²) < 4.78 is 14.1. The Morgan fingerprint density at radius 2 is 2.00 bits per heavy atom. The Hall–Kier alpha value is -1.68. The predicted octanol–water partition coefficient (Wildman–Crippen LogP) is 3.63. The number of nitrogens with zero attached hydrogens (tertiary/aromatic N) is 1. The number of hydrogen-bond donors (Lipinski definition) is 2. The second-order valence-corrected chi connectivity index (χ2v) is 5.36. The summed E-state index contributed by atoms with van der Waals surface area (Å²) in [4.78, 5) is 4.54. The quantitative estimate of drug-likeness (QED) is 0.639. The molecule has 1 aromatic carbocycles. The smallest absolute Gasteiger partial charge is 0.149 e. The van der Waals surface area contributed by atoms with E-state index in [1.54, 1.807) is 0 Å². The van der Waals surface area contributed by atoms with Crippen LogP contribution in [0.2, 0.25) is 0 Å². The van der Waals surface area contributed by atoms with Crippen molar-refractivity contribution in [3.63, 3.8) is 0 Å². The summed E-state index contributed by atoms with van der Waals surface area (Å²) >= 11 is 0. The minimum atomic E-state index is -0.272. The van der Waals surface area contributed by atoms with Crippen LogP contribution in [0.5, 0.6) is 0 Å². The number of aryl methyl sites for hydroxylation is 1. The van der Waals surface area contributed by atoms with Crippen LogP contribution in [0.25, 0.3) is 10.9 Å². The van der Waals surface area contributed by atoms with E-state index in [1.807, 2.05) is 19.1 Å². The van der Waals surface area contributed by atoms with Crippen molar-refractivity contribution in [1.82, 2.24) is 4.98 Å². The molecule has 19 heavy (non-hydrogen) atoms. The number of fused-ring (bicyclic) bond motifs is 1. The average Bonchev–Trinajstić information content (AvgIpc) is 2.91. The van der Waals surface area contributed by atoms with Crippen LogP contribution in [-0.2, 0) is 0 Å². The van der Waals surface area contributed by atoms with Crippen molar-refractivity contribution in [2.24, 2.45) is 5.84 Å². The summed E-state index contributed by atoms with van der Waals surface area (Å²) in [5, 5.41) is 0.752. The van der Waals surface area contributed by atoms with Gasteiger partial charge in [0.1, 0.15) is 11.3 Å². The van der Waals surface area contributed by atoms with Gasteiger partial charge in [0.15, 0.2) is 0 Å². The summed E-state index contributed by atoms with van der Waals surface area (Å²) in [7, 11) is 0. The van der Waals surface area contributed by atoms with E-state index in [9.17, 15) is 4.39 Å². The van der Waals surface area contributed by atoms with Crippen LogP contribution in [0.4, 0.5) is 10.1 Å². The lowest BCUT2D eigenvalue weighted by Crippen LogP contribution is -2.10. The zero-order valence-corrected chi connectivity index (χ0v) is 11.0. The molecule has 0 saturated heterocycles. The van der Waals surface area contributed by atoms with Crippen LogP contribution in [0, 0.1) is 12.7 Å². The van der Waals surface area contributed by atoms with Gasteiger partial charge >= 0.3 is 0 Å². The van der Waals surface area contributed by atoms with Crippen molar-refractivity contribution in [2.45, 2.75) is 38.5 Å². The zero-order valence-electron chi connectivity index (χ0n) is 11.0. The highest BCUT2D eigenvalue weighted by Gasteiger charge is 2.20. The third kappa shape index (κ3) is 2.16. The number of hydrogen-bond acceptors (Lipinski definition) is 3. The van der Waals surface area contributed by atoms with Gasteiger partial charge in [0.05, 0.1) is 5.69 Å². The normalized spacial score (nSPS) is 16.2. The molecule has 100 valence electrons. The molecular weight excluding hydrogens is 241 g/mol. The molecule has 0 spiro atoms. The topological polar surface area (TPSA) is 50.9 Å². The fourth-order valence-corrected chi connectivity index (χ4v) is 2.99. The van der Waals surface area contributed by atoms with Gasteiger partial charge in [-0.3, -0.25) is 5.84 Å². The van der Waals surface area contributed by atoms with Crippen molar-refractivity contribution < 1.29 is 4.39 Å². The molecule has 1 aliphatic carbocycles. The number of benzene rings is 1. The fourth-order valence-electron chi connectivity index (χ4n) is 2.99. The Balaban J connectivity index is 2.21.